The lowest BCUT2D eigenvalue weighted by molar-refractivity contribution is -0.121. The number of carbonyl (C=O) groups excluding carboxylic acids is 1. The van der Waals surface area contributed by atoms with Crippen molar-refractivity contribution in [1.29, 1.82) is 0 Å². The molecule has 7 nitrogen and oxygen atoms in total. The third kappa shape index (κ3) is 4.21. The summed E-state index contributed by atoms with van der Waals surface area (Å²) in [4.78, 5) is 24.1. The van der Waals surface area contributed by atoms with Crippen molar-refractivity contribution >= 4 is 11.6 Å². The fourth-order valence-electron chi connectivity index (χ4n) is 1.93. The van der Waals surface area contributed by atoms with Crippen molar-refractivity contribution in [3.63, 3.8) is 0 Å². The van der Waals surface area contributed by atoms with E-state index in [0.29, 0.717) is 18.2 Å². The Hall–Kier alpha value is -3.06. The lowest BCUT2D eigenvalue weighted by atomic mass is 10.2. The second-order valence-electron chi connectivity index (χ2n) is 4.77. The first-order valence-corrected chi connectivity index (χ1v) is 7.03. The Balaban J connectivity index is 1.48. The SMILES string of the molecule is O=C(COCc1ccccc1)Nc1cnc(-n2ccnc2)nc1. The van der Waals surface area contributed by atoms with Crippen molar-refractivity contribution in [3.05, 3.63) is 67.0 Å². The molecule has 0 aliphatic rings. The number of anilines is 1. The fourth-order valence-corrected chi connectivity index (χ4v) is 1.93. The lowest BCUT2D eigenvalue weighted by Crippen LogP contribution is -2.18. The van der Waals surface area contributed by atoms with E-state index in [1.165, 1.54) is 12.4 Å². The maximum Gasteiger partial charge on any atom is 0.250 e. The summed E-state index contributed by atoms with van der Waals surface area (Å²) < 4.78 is 7.05. The van der Waals surface area contributed by atoms with Gasteiger partial charge in [0, 0.05) is 12.4 Å². The first-order valence-electron chi connectivity index (χ1n) is 7.03. The second-order valence-corrected chi connectivity index (χ2v) is 4.77. The van der Waals surface area contributed by atoms with Crippen LogP contribution in [0.3, 0.4) is 0 Å². The molecule has 2 aromatic heterocycles. The van der Waals surface area contributed by atoms with E-state index in [0.717, 1.165) is 5.56 Å². The summed E-state index contributed by atoms with van der Waals surface area (Å²) in [6, 6.07) is 9.68. The Morgan fingerprint density at radius 1 is 1.17 bits per heavy atom. The summed E-state index contributed by atoms with van der Waals surface area (Å²) in [5.74, 6) is 0.237. The number of carbonyl (C=O) groups is 1. The van der Waals surface area contributed by atoms with Crippen LogP contribution in [0.25, 0.3) is 5.95 Å². The minimum Gasteiger partial charge on any atom is -0.367 e. The van der Waals surface area contributed by atoms with Crippen molar-refractivity contribution in [3.8, 4) is 5.95 Å². The molecular formula is C16H15N5O2. The molecule has 0 atom stereocenters. The van der Waals surface area contributed by atoms with Gasteiger partial charge in [-0.15, -0.1) is 0 Å². The maximum atomic E-state index is 11.8. The van der Waals surface area contributed by atoms with Gasteiger partial charge >= 0.3 is 0 Å². The molecule has 0 saturated carbocycles. The summed E-state index contributed by atoms with van der Waals surface area (Å²) in [5, 5.41) is 2.69. The number of rotatable bonds is 6. The average Bonchev–Trinajstić information content (AvgIpc) is 3.11. The highest BCUT2D eigenvalue weighted by Crippen LogP contribution is 2.06. The Kier molecular flexibility index (Phi) is 4.70. The third-order valence-corrected chi connectivity index (χ3v) is 3.00. The van der Waals surface area contributed by atoms with Gasteiger partial charge in [0.1, 0.15) is 12.9 Å². The van der Waals surface area contributed by atoms with E-state index in [9.17, 15) is 4.79 Å². The minimum absolute atomic E-state index is 0.0296. The number of imidazole rings is 1. The molecule has 0 aliphatic heterocycles. The smallest absolute Gasteiger partial charge is 0.250 e. The minimum atomic E-state index is -0.250. The van der Waals surface area contributed by atoms with Crippen LogP contribution >= 0.6 is 0 Å². The van der Waals surface area contributed by atoms with Gasteiger partial charge in [0.2, 0.25) is 11.9 Å². The third-order valence-electron chi connectivity index (χ3n) is 3.00. The van der Waals surface area contributed by atoms with Crippen LogP contribution in [-0.4, -0.2) is 32.0 Å². The number of aromatic nitrogens is 4. The van der Waals surface area contributed by atoms with E-state index in [1.807, 2.05) is 30.3 Å². The summed E-state index contributed by atoms with van der Waals surface area (Å²) in [6.45, 7) is 0.364. The predicted molar refractivity (Wildman–Crippen MR) is 83.9 cm³/mol. The quantitative estimate of drug-likeness (QED) is 0.751. The highest BCUT2D eigenvalue weighted by molar-refractivity contribution is 5.91. The summed E-state index contributed by atoms with van der Waals surface area (Å²) in [5.41, 5.74) is 1.54. The Morgan fingerprint density at radius 2 is 1.96 bits per heavy atom. The number of nitrogens with zero attached hydrogens (tertiary/aromatic N) is 4. The molecule has 0 spiro atoms. The van der Waals surface area contributed by atoms with Crippen molar-refractivity contribution in [2.45, 2.75) is 6.61 Å². The zero-order valence-electron chi connectivity index (χ0n) is 12.3. The summed E-state index contributed by atoms with van der Waals surface area (Å²) >= 11 is 0. The monoisotopic (exact) mass is 309 g/mol. The van der Waals surface area contributed by atoms with Gasteiger partial charge in [-0.1, -0.05) is 30.3 Å². The molecule has 0 saturated heterocycles. The topological polar surface area (TPSA) is 81.9 Å². The number of amides is 1. The molecule has 0 bridgehead atoms. The van der Waals surface area contributed by atoms with Crippen LogP contribution in [0.4, 0.5) is 5.69 Å². The van der Waals surface area contributed by atoms with Gasteiger partial charge in [-0.2, -0.15) is 0 Å². The average molecular weight is 309 g/mol. The highest BCUT2D eigenvalue weighted by Gasteiger charge is 2.05. The zero-order chi connectivity index (χ0) is 15.9. The predicted octanol–water partition coefficient (Wildman–Crippen LogP) is 1.82. The van der Waals surface area contributed by atoms with Crippen LogP contribution in [0.15, 0.2) is 61.4 Å². The molecule has 7 heteroatoms. The van der Waals surface area contributed by atoms with Crippen molar-refractivity contribution in [1.82, 2.24) is 19.5 Å². The second kappa shape index (κ2) is 7.28. The first-order chi connectivity index (χ1) is 11.3. The van der Waals surface area contributed by atoms with E-state index in [4.69, 9.17) is 4.74 Å². The molecule has 2 heterocycles. The fraction of sp³-hybridized carbons (Fsp3) is 0.125. The Morgan fingerprint density at radius 3 is 2.65 bits per heavy atom. The van der Waals surface area contributed by atoms with Crippen molar-refractivity contribution in [2.75, 3.05) is 11.9 Å². The molecule has 23 heavy (non-hydrogen) atoms. The molecule has 116 valence electrons. The number of hydrogen-bond acceptors (Lipinski definition) is 5. The largest absolute Gasteiger partial charge is 0.367 e. The standard InChI is InChI=1S/C16H15N5O2/c22-15(11-23-10-13-4-2-1-3-5-13)20-14-8-18-16(19-9-14)21-7-6-17-12-21/h1-9,12H,10-11H2,(H,20,22). The number of ether oxygens (including phenoxy) is 1. The first kappa shape index (κ1) is 14.9. The van der Waals surface area contributed by atoms with Crippen LogP contribution in [0, 0.1) is 0 Å². The summed E-state index contributed by atoms with van der Waals surface area (Å²) in [7, 11) is 0. The van der Waals surface area contributed by atoms with E-state index in [1.54, 1.807) is 23.3 Å². The normalized spacial score (nSPS) is 10.4. The Bertz CT molecular complexity index is 742. The molecule has 0 unspecified atom stereocenters. The van der Waals surface area contributed by atoms with E-state index < -0.39 is 0 Å². The van der Waals surface area contributed by atoms with E-state index >= 15 is 0 Å². The van der Waals surface area contributed by atoms with Gasteiger partial charge in [0.25, 0.3) is 0 Å². The van der Waals surface area contributed by atoms with Crippen LogP contribution in [0.2, 0.25) is 0 Å². The Labute approximate surface area is 133 Å². The highest BCUT2D eigenvalue weighted by atomic mass is 16.5. The van der Waals surface area contributed by atoms with Gasteiger partial charge < -0.3 is 10.1 Å². The molecule has 1 amide bonds. The molecule has 1 aromatic carbocycles. The van der Waals surface area contributed by atoms with E-state index in [2.05, 4.69) is 20.3 Å². The van der Waals surface area contributed by atoms with Crippen LogP contribution in [0.1, 0.15) is 5.56 Å². The molecule has 3 rings (SSSR count). The molecule has 0 fully saturated rings. The van der Waals surface area contributed by atoms with Gasteiger partial charge in [-0.05, 0) is 5.56 Å². The van der Waals surface area contributed by atoms with Gasteiger partial charge in [-0.25, -0.2) is 15.0 Å². The van der Waals surface area contributed by atoms with Crippen LogP contribution < -0.4 is 5.32 Å². The molecule has 0 aliphatic carbocycles. The zero-order valence-corrected chi connectivity index (χ0v) is 12.3. The molecular weight excluding hydrogens is 294 g/mol. The molecule has 3 aromatic rings. The number of benzene rings is 1. The molecule has 0 radical (unpaired) electrons. The number of nitrogens with one attached hydrogen (secondary N) is 1. The van der Waals surface area contributed by atoms with Gasteiger partial charge in [0.15, 0.2) is 0 Å². The van der Waals surface area contributed by atoms with E-state index in [-0.39, 0.29) is 12.5 Å². The molecule has 1 N–H and O–H groups in total. The summed E-state index contributed by atoms with van der Waals surface area (Å²) in [6.07, 6.45) is 8.06. The van der Waals surface area contributed by atoms with Crippen molar-refractivity contribution < 1.29 is 9.53 Å². The lowest BCUT2D eigenvalue weighted by Gasteiger charge is -2.06. The van der Waals surface area contributed by atoms with Gasteiger partial charge in [-0.3, -0.25) is 9.36 Å². The maximum absolute atomic E-state index is 11.8. The van der Waals surface area contributed by atoms with Crippen molar-refractivity contribution in [2.24, 2.45) is 0 Å². The van der Waals surface area contributed by atoms with Crippen LogP contribution in [0.5, 0.6) is 0 Å². The van der Waals surface area contributed by atoms with Crippen LogP contribution in [-0.2, 0) is 16.1 Å². The van der Waals surface area contributed by atoms with Gasteiger partial charge in [0.05, 0.1) is 24.7 Å². The number of hydrogen-bond donors (Lipinski definition) is 1.